The van der Waals surface area contributed by atoms with Crippen molar-refractivity contribution in [3.63, 3.8) is 0 Å². The number of nitrogens with zero attached hydrogens (tertiary/aromatic N) is 6. The van der Waals surface area contributed by atoms with Crippen molar-refractivity contribution in [1.29, 1.82) is 0 Å². The van der Waals surface area contributed by atoms with Gasteiger partial charge in [0.25, 0.3) is 0 Å². The SMILES string of the molecule is c1ccc2c(c1)cc(N=C(N1CCOCC1)N1CCOCC1)c1c(N=C(N3CCOCC3)N3CCOCC3)cccc12. The fourth-order valence-corrected chi connectivity index (χ4v) is 6.25. The van der Waals surface area contributed by atoms with Crippen LogP contribution in [-0.4, -0.2) is 137 Å². The Hall–Kier alpha value is -3.44. The summed E-state index contributed by atoms with van der Waals surface area (Å²) in [7, 11) is 0. The van der Waals surface area contributed by atoms with E-state index >= 15 is 0 Å². The van der Waals surface area contributed by atoms with E-state index in [9.17, 15) is 0 Å². The van der Waals surface area contributed by atoms with Crippen molar-refractivity contribution in [3.05, 3.63) is 48.5 Å². The maximum absolute atomic E-state index is 5.71. The van der Waals surface area contributed by atoms with Gasteiger partial charge in [-0.05, 0) is 28.3 Å². The summed E-state index contributed by atoms with van der Waals surface area (Å²) in [5.41, 5.74) is 1.88. The Morgan fingerprint density at radius 3 is 1.40 bits per heavy atom. The van der Waals surface area contributed by atoms with Gasteiger partial charge in [0, 0.05) is 57.7 Å². The lowest BCUT2D eigenvalue weighted by molar-refractivity contribution is 0.0422. The van der Waals surface area contributed by atoms with E-state index in [4.69, 9.17) is 28.9 Å². The van der Waals surface area contributed by atoms with Gasteiger partial charge in [-0.3, -0.25) is 0 Å². The summed E-state index contributed by atoms with van der Waals surface area (Å²) in [6, 6.07) is 17.3. The maximum Gasteiger partial charge on any atom is 0.202 e. The lowest BCUT2D eigenvalue weighted by Gasteiger charge is -2.38. The van der Waals surface area contributed by atoms with E-state index < -0.39 is 0 Å². The normalized spacial score (nSPS) is 20.2. The highest BCUT2D eigenvalue weighted by atomic mass is 16.5. The maximum atomic E-state index is 5.71. The fourth-order valence-electron chi connectivity index (χ4n) is 6.25. The van der Waals surface area contributed by atoms with E-state index in [0.717, 1.165) is 81.0 Å². The molecule has 7 rings (SSSR count). The molecule has 222 valence electrons. The van der Waals surface area contributed by atoms with E-state index in [0.29, 0.717) is 52.9 Å². The third kappa shape index (κ3) is 5.76. The first-order valence-electron chi connectivity index (χ1n) is 15.3. The van der Waals surface area contributed by atoms with Gasteiger partial charge in [0.05, 0.1) is 64.2 Å². The molecular weight excluding hydrogens is 532 g/mol. The molecule has 10 heteroatoms. The van der Waals surface area contributed by atoms with E-state index in [2.05, 4.69) is 68.1 Å². The summed E-state index contributed by atoms with van der Waals surface area (Å²) in [6.45, 7) is 12.3. The molecule has 0 spiro atoms. The summed E-state index contributed by atoms with van der Waals surface area (Å²) >= 11 is 0. The number of ether oxygens (including phenoxy) is 4. The van der Waals surface area contributed by atoms with E-state index in [1.54, 1.807) is 0 Å². The number of morpholine rings is 4. The Bertz CT molecular complexity index is 1400. The molecule has 4 fully saturated rings. The first-order chi connectivity index (χ1) is 20.8. The highest BCUT2D eigenvalue weighted by molar-refractivity contribution is 6.17. The molecule has 0 aliphatic carbocycles. The second-order valence-electron chi connectivity index (χ2n) is 11.0. The first-order valence-corrected chi connectivity index (χ1v) is 15.3. The molecule has 4 saturated heterocycles. The van der Waals surface area contributed by atoms with E-state index in [-0.39, 0.29) is 0 Å². The molecule has 0 unspecified atom stereocenters. The monoisotopic (exact) mass is 572 g/mol. The fraction of sp³-hybridized carbons (Fsp3) is 0.500. The standard InChI is InChI=1S/C32H40N6O4/c1-2-5-26-25(4-1)24-29(34-32(37-12-20-41-21-13-37)38-14-22-42-23-15-38)30-27(26)6-3-7-28(30)33-31(35-8-16-39-17-9-35)36-10-18-40-19-11-36/h1-7,24H,8-23H2. The van der Waals surface area contributed by atoms with Crippen LogP contribution in [0.2, 0.25) is 0 Å². The summed E-state index contributed by atoms with van der Waals surface area (Å²) in [6.07, 6.45) is 0. The molecule has 0 atom stereocenters. The lowest BCUT2D eigenvalue weighted by atomic mass is 9.99. The molecular formula is C32H40N6O4. The zero-order valence-electron chi connectivity index (χ0n) is 24.2. The first kappa shape index (κ1) is 27.4. The van der Waals surface area contributed by atoms with Crippen molar-refractivity contribution in [3.8, 4) is 0 Å². The molecule has 0 amide bonds. The molecule has 42 heavy (non-hydrogen) atoms. The number of benzene rings is 3. The molecule has 3 aromatic carbocycles. The zero-order chi connectivity index (χ0) is 28.1. The number of fused-ring (bicyclic) bond motifs is 3. The Morgan fingerprint density at radius 1 is 0.476 bits per heavy atom. The summed E-state index contributed by atoms with van der Waals surface area (Å²) in [4.78, 5) is 20.4. The molecule has 4 aliphatic rings. The van der Waals surface area contributed by atoms with E-state index in [1.165, 1.54) is 16.2 Å². The van der Waals surface area contributed by atoms with Crippen LogP contribution in [0.25, 0.3) is 21.5 Å². The molecule has 0 N–H and O–H groups in total. The molecule has 0 saturated carbocycles. The highest BCUT2D eigenvalue weighted by Crippen LogP contribution is 2.40. The number of guanidine groups is 2. The number of hydrogen-bond acceptors (Lipinski definition) is 6. The van der Waals surface area contributed by atoms with Crippen LogP contribution in [0, 0.1) is 0 Å². The number of rotatable bonds is 2. The third-order valence-electron chi connectivity index (χ3n) is 8.46. The zero-order valence-corrected chi connectivity index (χ0v) is 24.2. The summed E-state index contributed by atoms with van der Waals surface area (Å²) in [5.74, 6) is 2.00. The Kier molecular flexibility index (Phi) is 8.37. The summed E-state index contributed by atoms with van der Waals surface area (Å²) in [5, 5.41) is 4.63. The van der Waals surface area contributed by atoms with Crippen LogP contribution in [0.15, 0.2) is 58.5 Å². The molecule has 10 nitrogen and oxygen atoms in total. The van der Waals surface area contributed by atoms with Gasteiger partial charge in [-0.15, -0.1) is 0 Å². The van der Waals surface area contributed by atoms with Gasteiger partial charge in [-0.25, -0.2) is 9.98 Å². The Labute approximate surface area is 247 Å². The predicted molar refractivity (Wildman–Crippen MR) is 165 cm³/mol. The number of hydrogen-bond donors (Lipinski definition) is 0. The molecule has 3 aromatic rings. The highest BCUT2D eigenvalue weighted by Gasteiger charge is 2.26. The van der Waals surface area contributed by atoms with Gasteiger partial charge < -0.3 is 38.5 Å². The van der Waals surface area contributed by atoms with Crippen LogP contribution in [0.5, 0.6) is 0 Å². The largest absolute Gasteiger partial charge is 0.378 e. The van der Waals surface area contributed by atoms with Crippen molar-refractivity contribution in [2.24, 2.45) is 9.98 Å². The number of aliphatic imine (C=N–C) groups is 2. The van der Waals surface area contributed by atoms with Crippen molar-refractivity contribution < 1.29 is 18.9 Å². The second-order valence-corrected chi connectivity index (χ2v) is 11.0. The van der Waals surface area contributed by atoms with Crippen molar-refractivity contribution in [1.82, 2.24) is 19.6 Å². The van der Waals surface area contributed by atoms with Crippen LogP contribution in [0.1, 0.15) is 0 Å². The third-order valence-corrected chi connectivity index (χ3v) is 8.46. The lowest BCUT2D eigenvalue weighted by Crippen LogP contribution is -2.52. The molecule has 0 radical (unpaired) electrons. The van der Waals surface area contributed by atoms with Gasteiger partial charge in [0.15, 0.2) is 0 Å². The second kappa shape index (κ2) is 12.8. The average Bonchev–Trinajstić information content (AvgIpc) is 3.07. The smallest absolute Gasteiger partial charge is 0.202 e. The van der Waals surface area contributed by atoms with Crippen LogP contribution < -0.4 is 0 Å². The van der Waals surface area contributed by atoms with Crippen molar-refractivity contribution in [2.75, 3.05) is 105 Å². The van der Waals surface area contributed by atoms with Crippen molar-refractivity contribution in [2.45, 2.75) is 0 Å². The minimum absolute atomic E-state index is 0.708. The minimum Gasteiger partial charge on any atom is -0.378 e. The quantitative estimate of drug-likeness (QED) is 0.263. The van der Waals surface area contributed by atoms with Crippen LogP contribution in [0.3, 0.4) is 0 Å². The van der Waals surface area contributed by atoms with Crippen LogP contribution in [-0.2, 0) is 18.9 Å². The van der Waals surface area contributed by atoms with Gasteiger partial charge in [0.2, 0.25) is 11.9 Å². The van der Waals surface area contributed by atoms with Gasteiger partial charge in [-0.1, -0.05) is 36.4 Å². The van der Waals surface area contributed by atoms with Gasteiger partial charge in [-0.2, -0.15) is 0 Å². The van der Waals surface area contributed by atoms with Crippen LogP contribution in [0.4, 0.5) is 11.4 Å². The topological polar surface area (TPSA) is 74.6 Å². The Morgan fingerprint density at radius 2 is 0.905 bits per heavy atom. The molecule has 4 heterocycles. The van der Waals surface area contributed by atoms with Crippen LogP contribution >= 0.6 is 0 Å². The molecule has 4 aliphatic heterocycles. The van der Waals surface area contributed by atoms with E-state index in [1.807, 2.05) is 0 Å². The molecule has 0 bridgehead atoms. The predicted octanol–water partition coefficient (Wildman–Crippen LogP) is 3.30. The molecule has 0 aromatic heterocycles. The summed E-state index contributed by atoms with van der Waals surface area (Å²) < 4.78 is 22.8. The Balaban J connectivity index is 1.42. The minimum atomic E-state index is 0.708. The van der Waals surface area contributed by atoms with Crippen molar-refractivity contribution >= 4 is 44.8 Å². The van der Waals surface area contributed by atoms with Gasteiger partial charge >= 0.3 is 0 Å². The van der Waals surface area contributed by atoms with Gasteiger partial charge in [0.1, 0.15) is 0 Å². The average molecular weight is 573 g/mol.